The minimum absolute atomic E-state index is 0.517. The van der Waals surface area contributed by atoms with Gasteiger partial charge in [0.2, 0.25) is 0 Å². The maximum absolute atomic E-state index is 11.4. The summed E-state index contributed by atoms with van der Waals surface area (Å²) in [5, 5.41) is 0. The first-order chi connectivity index (χ1) is 8.39. The highest BCUT2D eigenvalue weighted by Gasteiger charge is 2.24. The van der Waals surface area contributed by atoms with E-state index in [-0.39, 0.29) is 0 Å². The maximum Gasteiger partial charge on any atom is 0.338 e. The lowest BCUT2D eigenvalue weighted by atomic mass is 9.97. The predicted octanol–water partition coefficient (Wildman–Crippen LogP) is 2.90. The minimum atomic E-state index is -0.664. The summed E-state index contributed by atoms with van der Waals surface area (Å²) >= 11 is 0. The summed E-state index contributed by atoms with van der Waals surface area (Å²) in [5.74, 6) is -1.14. The molecule has 3 heteroatoms. The summed E-state index contributed by atoms with van der Waals surface area (Å²) in [6.07, 6.45) is 3.61. The van der Waals surface area contributed by atoms with Gasteiger partial charge in [-0.1, -0.05) is 36.4 Å². The molecule has 0 aromatic heterocycles. The normalized spacial score (nSPS) is 11.5. The molecule has 0 bridgehead atoms. The summed E-state index contributed by atoms with van der Waals surface area (Å²) in [6.45, 7) is 5.11. The van der Waals surface area contributed by atoms with Crippen molar-refractivity contribution in [3.8, 4) is 0 Å². The Labute approximate surface area is 107 Å². The molecule has 0 aliphatic heterocycles. The molecule has 0 aliphatic carbocycles. The minimum Gasteiger partial charge on any atom is -0.389 e. The molecule has 0 radical (unpaired) electrons. The smallest absolute Gasteiger partial charge is 0.338 e. The van der Waals surface area contributed by atoms with Gasteiger partial charge in [0.1, 0.15) is 0 Å². The summed E-state index contributed by atoms with van der Waals surface area (Å²) in [4.78, 5) is 22.8. The second-order valence-electron chi connectivity index (χ2n) is 5.05. The number of esters is 2. The van der Waals surface area contributed by atoms with Crippen molar-refractivity contribution >= 4 is 11.9 Å². The lowest BCUT2D eigenvalue weighted by molar-refractivity contribution is -0.162. The number of carbonyl (C=O) groups is 2. The Kier molecular flexibility index (Phi) is 4.84. The molecule has 3 nitrogen and oxygen atoms in total. The third kappa shape index (κ3) is 4.95. The SMILES string of the molecule is CC(C)(C)C(=O)OC(=O)/C=C/Cc1ccccc1. The van der Waals surface area contributed by atoms with Gasteiger partial charge in [0.15, 0.2) is 0 Å². The van der Waals surface area contributed by atoms with Crippen LogP contribution < -0.4 is 0 Å². The molecule has 0 fully saturated rings. The van der Waals surface area contributed by atoms with Gasteiger partial charge >= 0.3 is 11.9 Å². The standard InChI is InChI=1S/C15H18O3/c1-15(2,3)14(17)18-13(16)11-7-10-12-8-5-4-6-9-12/h4-9,11H,10H2,1-3H3/b11-7+. The molecule has 1 aromatic carbocycles. The third-order valence-electron chi connectivity index (χ3n) is 2.26. The molecular weight excluding hydrogens is 228 g/mol. The van der Waals surface area contributed by atoms with Gasteiger partial charge in [0, 0.05) is 6.08 Å². The van der Waals surface area contributed by atoms with Crippen molar-refractivity contribution < 1.29 is 14.3 Å². The van der Waals surface area contributed by atoms with Crippen molar-refractivity contribution in [1.29, 1.82) is 0 Å². The zero-order chi connectivity index (χ0) is 13.6. The molecule has 0 aliphatic rings. The molecule has 96 valence electrons. The van der Waals surface area contributed by atoms with E-state index in [0.717, 1.165) is 5.56 Å². The van der Waals surface area contributed by atoms with E-state index >= 15 is 0 Å². The molecule has 18 heavy (non-hydrogen) atoms. The number of ether oxygens (including phenoxy) is 1. The highest BCUT2D eigenvalue weighted by Crippen LogP contribution is 2.15. The van der Waals surface area contributed by atoms with E-state index in [1.165, 1.54) is 6.08 Å². The van der Waals surface area contributed by atoms with Gasteiger partial charge in [-0.15, -0.1) is 0 Å². The average molecular weight is 246 g/mol. The summed E-state index contributed by atoms with van der Waals surface area (Å²) in [7, 11) is 0. The number of rotatable bonds is 3. The topological polar surface area (TPSA) is 43.4 Å². The second-order valence-corrected chi connectivity index (χ2v) is 5.05. The predicted molar refractivity (Wildman–Crippen MR) is 69.8 cm³/mol. The lowest BCUT2D eigenvalue weighted by Crippen LogP contribution is -2.25. The van der Waals surface area contributed by atoms with Gasteiger partial charge in [-0.25, -0.2) is 4.79 Å². The first-order valence-electron chi connectivity index (χ1n) is 5.86. The molecule has 0 saturated carbocycles. The van der Waals surface area contributed by atoms with Gasteiger partial charge in [-0.05, 0) is 32.8 Å². The first-order valence-corrected chi connectivity index (χ1v) is 5.86. The summed E-state index contributed by atoms with van der Waals surface area (Å²) < 4.78 is 4.69. The van der Waals surface area contributed by atoms with E-state index in [1.54, 1.807) is 26.8 Å². The van der Waals surface area contributed by atoms with Crippen LogP contribution in [0.3, 0.4) is 0 Å². The summed E-state index contributed by atoms with van der Waals surface area (Å²) in [5.41, 5.74) is 0.437. The highest BCUT2D eigenvalue weighted by molar-refractivity contribution is 5.93. The third-order valence-corrected chi connectivity index (χ3v) is 2.26. The lowest BCUT2D eigenvalue weighted by Gasteiger charge is -2.14. The quantitative estimate of drug-likeness (QED) is 0.468. The fraction of sp³-hybridized carbons (Fsp3) is 0.333. The molecule has 0 atom stereocenters. The summed E-state index contributed by atoms with van der Waals surface area (Å²) in [6, 6.07) is 9.74. The van der Waals surface area contributed by atoms with Crippen LogP contribution in [0.5, 0.6) is 0 Å². The van der Waals surface area contributed by atoms with Crippen LogP contribution in [-0.4, -0.2) is 11.9 Å². The Balaban J connectivity index is 2.44. The fourth-order valence-corrected chi connectivity index (χ4v) is 1.18. The Hall–Kier alpha value is -1.90. The number of hydrogen-bond donors (Lipinski definition) is 0. The van der Waals surface area contributed by atoms with E-state index in [0.29, 0.717) is 6.42 Å². The Morgan fingerprint density at radius 2 is 1.78 bits per heavy atom. The molecular formula is C15H18O3. The second kappa shape index (κ2) is 6.15. The zero-order valence-electron chi connectivity index (χ0n) is 11.0. The van der Waals surface area contributed by atoms with E-state index in [1.807, 2.05) is 30.3 Å². The van der Waals surface area contributed by atoms with Gasteiger partial charge < -0.3 is 4.74 Å². The molecule has 0 heterocycles. The van der Waals surface area contributed by atoms with Gasteiger partial charge in [-0.3, -0.25) is 4.79 Å². The van der Waals surface area contributed by atoms with Gasteiger partial charge in [-0.2, -0.15) is 0 Å². The van der Waals surface area contributed by atoms with Crippen LogP contribution in [0.25, 0.3) is 0 Å². The van der Waals surface area contributed by atoms with E-state index in [2.05, 4.69) is 4.74 Å². The van der Waals surface area contributed by atoms with Crippen LogP contribution in [0.2, 0.25) is 0 Å². The van der Waals surface area contributed by atoms with E-state index in [4.69, 9.17) is 0 Å². The Bertz CT molecular complexity index is 439. The van der Waals surface area contributed by atoms with Crippen LogP contribution in [0.4, 0.5) is 0 Å². The molecule has 0 amide bonds. The van der Waals surface area contributed by atoms with E-state index < -0.39 is 17.4 Å². The molecule has 0 spiro atoms. The van der Waals surface area contributed by atoms with Crippen molar-refractivity contribution in [2.24, 2.45) is 5.41 Å². The van der Waals surface area contributed by atoms with E-state index in [9.17, 15) is 9.59 Å². The highest BCUT2D eigenvalue weighted by atomic mass is 16.6. The zero-order valence-corrected chi connectivity index (χ0v) is 11.0. The van der Waals surface area contributed by atoms with Crippen molar-refractivity contribution in [2.75, 3.05) is 0 Å². The molecule has 0 N–H and O–H groups in total. The van der Waals surface area contributed by atoms with Crippen LogP contribution in [0.15, 0.2) is 42.5 Å². The Morgan fingerprint density at radius 1 is 1.17 bits per heavy atom. The fourth-order valence-electron chi connectivity index (χ4n) is 1.18. The molecule has 0 unspecified atom stereocenters. The van der Waals surface area contributed by atoms with Crippen LogP contribution >= 0.6 is 0 Å². The van der Waals surface area contributed by atoms with Gasteiger partial charge in [0.05, 0.1) is 5.41 Å². The number of hydrogen-bond acceptors (Lipinski definition) is 3. The van der Waals surface area contributed by atoms with Gasteiger partial charge in [0.25, 0.3) is 0 Å². The molecule has 1 rings (SSSR count). The van der Waals surface area contributed by atoms with Crippen molar-refractivity contribution in [2.45, 2.75) is 27.2 Å². The van der Waals surface area contributed by atoms with Crippen molar-refractivity contribution in [3.05, 3.63) is 48.0 Å². The maximum atomic E-state index is 11.4. The van der Waals surface area contributed by atoms with Crippen LogP contribution in [-0.2, 0) is 20.7 Å². The Morgan fingerprint density at radius 3 is 2.33 bits per heavy atom. The van der Waals surface area contributed by atoms with Crippen LogP contribution in [0, 0.1) is 5.41 Å². The average Bonchev–Trinajstić information content (AvgIpc) is 2.29. The molecule has 0 saturated heterocycles. The van der Waals surface area contributed by atoms with Crippen molar-refractivity contribution in [1.82, 2.24) is 0 Å². The van der Waals surface area contributed by atoms with Crippen molar-refractivity contribution in [3.63, 3.8) is 0 Å². The largest absolute Gasteiger partial charge is 0.389 e. The van der Waals surface area contributed by atoms with Crippen LogP contribution in [0.1, 0.15) is 26.3 Å². The number of carbonyl (C=O) groups excluding carboxylic acids is 2. The number of allylic oxidation sites excluding steroid dienone is 1. The molecule has 1 aromatic rings. The number of benzene rings is 1. The first kappa shape index (κ1) is 14.2. The monoisotopic (exact) mass is 246 g/mol.